The van der Waals surface area contributed by atoms with Crippen LogP contribution in [0, 0.1) is 0 Å². The van der Waals surface area contributed by atoms with Crippen molar-refractivity contribution in [2.75, 3.05) is 32.8 Å². The van der Waals surface area contributed by atoms with Gasteiger partial charge in [-0.15, -0.1) is 0 Å². The Morgan fingerprint density at radius 3 is 2.06 bits per heavy atom. The van der Waals surface area contributed by atoms with Gasteiger partial charge in [-0.05, 0) is 48.7 Å². The summed E-state index contributed by atoms with van der Waals surface area (Å²) in [6.07, 6.45) is -0.583. The van der Waals surface area contributed by atoms with Crippen LogP contribution in [0.4, 0.5) is 0 Å². The van der Waals surface area contributed by atoms with E-state index in [1.165, 1.54) is 0 Å². The molecule has 0 heterocycles. The number of hydrogen-bond acceptors (Lipinski definition) is 6. The lowest BCUT2D eigenvalue weighted by atomic mass is 10.0. The normalized spacial score (nSPS) is 13.9. The van der Waals surface area contributed by atoms with Gasteiger partial charge < -0.3 is 25.4 Å². The van der Waals surface area contributed by atoms with E-state index in [-0.39, 0.29) is 12.6 Å². The highest BCUT2D eigenvalue weighted by molar-refractivity contribution is 5.28. The molecule has 182 valence electrons. The Hall–Kier alpha value is -2.90. The average molecular weight is 465 g/mol. The number of rotatable bonds is 14. The van der Waals surface area contributed by atoms with Crippen LogP contribution < -0.4 is 15.2 Å². The van der Waals surface area contributed by atoms with Gasteiger partial charge in [0.05, 0.1) is 6.10 Å². The molecule has 6 nitrogen and oxygen atoms in total. The molecule has 3 atom stereocenters. The molecule has 34 heavy (non-hydrogen) atoms. The molecule has 0 aliphatic heterocycles. The van der Waals surface area contributed by atoms with Gasteiger partial charge in [-0.3, -0.25) is 4.90 Å². The molecule has 0 aliphatic rings. The number of nitrogens with two attached hydrogens (primary N) is 1. The van der Waals surface area contributed by atoms with Crippen LogP contribution in [0.15, 0.2) is 84.9 Å². The predicted octanol–water partition coefficient (Wildman–Crippen LogP) is 3.43. The van der Waals surface area contributed by atoms with Crippen LogP contribution in [0.3, 0.4) is 0 Å². The van der Waals surface area contributed by atoms with E-state index in [1.54, 1.807) is 0 Å². The van der Waals surface area contributed by atoms with Gasteiger partial charge in [0.15, 0.2) is 0 Å². The second-order valence-corrected chi connectivity index (χ2v) is 8.49. The van der Waals surface area contributed by atoms with Gasteiger partial charge in [-0.1, -0.05) is 60.7 Å². The molecule has 3 aromatic rings. The number of hydrogen-bond donors (Lipinski definition) is 3. The van der Waals surface area contributed by atoms with Crippen molar-refractivity contribution in [3.63, 3.8) is 0 Å². The van der Waals surface area contributed by atoms with Crippen LogP contribution in [0.1, 0.15) is 24.2 Å². The SMILES string of the molecule is C[C@H](Cc1ccc(OCCN)cc1)N(C[C@H](O)COc1ccccc1)C[C@H](O)c1ccccc1. The van der Waals surface area contributed by atoms with Crippen molar-refractivity contribution >= 4 is 0 Å². The monoisotopic (exact) mass is 464 g/mol. The zero-order valence-corrected chi connectivity index (χ0v) is 19.8. The summed E-state index contributed by atoms with van der Waals surface area (Å²) in [6, 6.07) is 27.1. The third-order valence-electron chi connectivity index (χ3n) is 5.69. The maximum Gasteiger partial charge on any atom is 0.119 e. The van der Waals surface area contributed by atoms with Crippen molar-refractivity contribution in [3.8, 4) is 11.5 Å². The number of para-hydroxylation sites is 1. The van der Waals surface area contributed by atoms with Crippen molar-refractivity contribution in [3.05, 3.63) is 96.1 Å². The molecule has 6 heteroatoms. The molecule has 0 radical (unpaired) electrons. The number of ether oxygens (including phenoxy) is 2. The minimum absolute atomic E-state index is 0.0838. The van der Waals surface area contributed by atoms with Crippen LogP contribution in [0.2, 0.25) is 0 Å². The van der Waals surface area contributed by atoms with E-state index in [1.807, 2.05) is 84.9 Å². The minimum Gasteiger partial charge on any atom is -0.492 e. The predicted molar refractivity (Wildman–Crippen MR) is 135 cm³/mol. The van der Waals surface area contributed by atoms with Crippen LogP contribution in [-0.4, -0.2) is 60.1 Å². The summed E-state index contributed by atoms with van der Waals surface area (Å²) in [5.74, 6) is 1.52. The van der Waals surface area contributed by atoms with Gasteiger partial charge in [-0.25, -0.2) is 0 Å². The Labute approximate surface area is 202 Å². The molecular weight excluding hydrogens is 428 g/mol. The molecule has 0 saturated carbocycles. The lowest BCUT2D eigenvalue weighted by Gasteiger charge is -2.33. The van der Waals surface area contributed by atoms with Crippen molar-refractivity contribution in [2.24, 2.45) is 5.73 Å². The Morgan fingerprint density at radius 1 is 0.794 bits per heavy atom. The maximum absolute atomic E-state index is 10.9. The summed E-state index contributed by atoms with van der Waals surface area (Å²) in [5, 5.41) is 21.6. The molecule has 0 fully saturated rings. The number of nitrogens with zero attached hydrogens (tertiary/aromatic N) is 1. The average Bonchev–Trinajstić information content (AvgIpc) is 2.87. The molecular formula is C28H36N2O4. The van der Waals surface area contributed by atoms with Crippen molar-refractivity contribution in [2.45, 2.75) is 31.6 Å². The van der Waals surface area contributed by atoms with E-state index < -0.39 is 12.2 Å². The van der Waals surface area contributed by atoms with Gasteiger partial charge >= 0.3 is 0 Å². The van der Waals surface area contributed by atoms with E-state index in [4.69, 9.17) is 15.2 Å². The van der Waals surface area contributed by atoms with Gasteiger partial charge in [-0.2, -0.15) is 0 Å². The van der Waals surface area contributed by atoms with Crippen LogP contribution in [0.5, 0.6) is 11.5 Å². The number of benzene rings is 3. The molecule has 0 saturated heterocycles. The topological polar surface area (TPSA) is 88.2 Å². The van der Waals surface area contributed by atoms with Crippen molar-refractivity contribution < 1.29 is 19.7 Å². The lowest BCUT2D eigenvalue weighted by molar-refractivity contribution is 0.0291. The summed E-state index contributed by atoms with van der Waals surface area (Å²) in [6.45, 7) is 4.06. The molecule has 3 rings (SSSR count). The fourth-order valence-electron chi connectivity index (χ4n) is 3.84. The third-order valence-corrected chi connectivity index (χ3v) is 5.69. The van der Waals surface area contributed by atoms with Gasteiger partial charge in [0.2, 0.25) is 0 Å². The lowest BCUT2D eigenvalue weighted by Crippen LogP contribution is -2.44. The van der Waals surface area contributed by atoms with Gasteiger partial charge in [0, 0.05) is 25.7 Å². The fourth-order valence-corrected chi connectivity index (χ4v) is 3.84. The first-order valence-electron chi connectivity index (χ1n) is 11.8. The van der Waals surface area contributed by atoms with Crippen LogP contribution in [-0.2, 0) is 6.42 Å². The van der Waals surface area contributed by atoms with Crippen molar-refractivity contribution in [1.29, 1.82) is 0 Å². The molecule has 0 amide bonds. The highest BCUT2D eigenvalue weighted by Gasteiger charge is 2.22. The molecule has 0 unspecified atom stereocenters. The summed E-state index contributed by atoms with van der Waals surface area (Å²) >= 11 is 0. The van der Waals surface area contributed by atoms with Crippen LogP contribution >= 0.6 is 0 Å². The quantitative estimate of drug-likeness (QED) is 0.339. The largest absolute Gasteiger partial charge is 0.492 e. The molecule has 0 aliphatic carbocycles. The Kier molecular flexibility index (Phi) is 10.4. The van der Waals surface area contributed by atoms with Crippen molar-refractivity contribution in [1.82, 2.24) is 4.90 Å². The Bertz CT molecular complexity index is 938. The van der Waals surface area contributed by atoms with E-state index in [9.17, 15) is 10.2 Å². The molecule has 3 aromatic carbocycles. The highest BCUT2D eigenvalue weighted by atomic mass is 16.5. The maximum atomic E-state index is 10.9. The van der Waals surface area contributed by atoms with Crippen LogP contribution in [0.25, 0.3) is 0 Å². The summed E-state index contributed by atoms with van der Waals surface area (Å²) in [7, 11) is 0. The van der Waals surface area contributed by atoms with E-state index >= 15 is 0 Å². The summed E-state index contributed by atoms with van der Waals surface area (Å²) < 4.78 is 11.3. The zero-order valence-electron chi connectivity index (χ0n) is 19.8. The molecule has 0 aromatic heterocycles. The molecule has 0 bridgehead atoms. The summed E-state index contributed by atoms with van der Waals surface area (Å²) in [4.78, 5) is 2.12. The minimum atomic E-state index is -0.697. The second-order valence-electron chi connectivity index (χ2n) is 8.49. The molecule has 0 spiro atoms. The van der Waals surface area contributed by atoms with E-state index in [0.29, 0.717) is 26.2 Å². The second kappa shape index (κ2) is 13.7. The number of aliphatic hydroxyl groups is 2. The Morgan fingerprint density at radius 2 is 1.41 bits per heavy atom. The first-order chi connectivity index (χ1) is 16.5. The Balaban J connectivity index is 1.64. The van der Waals surface area contributed by atoms with Gasteiger partial charge in [0.25, 0.3) is 0 Å². The van der Waals surface area contributed by atoms with E-state index in [2.05, 4.69) is 11.8 Å². The highest BCUT2D eigenvalue weighted by Crippen LogP contribution is 2.19. The number of aliphatic hydroxyl groups excluding tert-OH is 2. The third kappa shape index (κ3) is 8.47. The smallest absolute Gasteiger partial charge is 0.119 e. The van der Waals surface area contributed by atoms with Gasteiger partial charge in [0.1, 0.15) is 30.8 Å². The zero-order chi connectivity index (χ0) is 24.2. The van der Waals surface area contributed by atoms with E-state index in [0.717, 1.165) is 29.0 Å². The fraction of sp³-hybridized carbons (Fsp3) is 0.357. The first-order valence-corrected chi connectivity index (χ1v) is 11.8. The standard InChI is InChI=1S/C28H36N2O4/c1-22(18-23-12-14-27(15-13-23)33-17-16-29)30(20-28(32)24-8-4-2-5-9-24)19-25(31)21-34-26-10-6-3-7-11-26/h2-15,22,25,28,31-32H,16-21,29H2,1H3/t22-,25+,28+/m1/s1. The summed E-state index contributed by atoms with van der Waals surface area (Å²) in [5.41, 5.74) is 7.51. The molecule has 4 N–H and O–H groups in total. The first kappa shape index (κ1) is 25.7.